The molecule has 0 atom stereocenters. The van der Waals surface area contributed by atoms with Gasteiger partial charge in [0.1, 0.15) is 12.4 Å². The minimum Gasteiger partial charge on any atom is -0.489 e. The van der Waals surface area contributed by atoms with Crippen LogP contribution in [0, 0.1) is 6.92 Å². The molecule has 3 aromatic rings. The van der Waals surface area contributed by atoms with Crippen molar-refractivity contribution < 1.29 is 9.37 Å². The van der Waals surface area contributed by atoms with E-state index in [-0.39, 0.29) is 17.3 Å². The summed E-state index contributed by atoms with van der Waals surface area (Å²) in [7, 11) is 0. The molecular weight excluding hydrogens is 332 g/mol. The van der Waals surface area contributed by atoms with Crippen LogP contribution in [0.4, 0.5) is 5.82 Å². The van der Waals surface area contributed by atoms with Crippen molar-refractivity contribution in [1.82, 2.24) is 10.3 Å². The molecule has 0 saturated heterocycles. The second-order valence-corrected chi connectivity index (χ2v) is 5.52. The number of aromatic nitrogens is 2. The van der Waals surface area contributed by atoms with Gasteiger partial charge in [0.2, 0.25) is 0 Å². The predicted octanol–water partition coefficient (Wildman–Crippen LogP) is 2.28. The summed E-state index contributed by atoms with van der Waals surface area (Å²) in [5, 5.41) is 14.8. The van der Waals surface area contributed by atoms with E-state index in [2.05, 4.69) is 38.1 Å². The number of nitrogen functional groups attached to an aromatic ring is 1. The first-order valence-electron chi connectivity index (χ1n) is 7.86. The molecule has 0 aliphatic heterocycles. The summed E-state index contributed by atoms with van der Waals surface area (Å²) in [6.45, 7) is 2.55. The van der Waals surface area contributed by atoms with E-state index in [1.54, 1.807) is 6.21 Å². The van der Waals surface area contributed by atoms with E-state index < -0.39 is 0 Å². The molecule has 1 heterocycles. The summed E-state index contributed by atoms with van der Waals surface area (Å²) < 4.78 is 10.3. The fourth-order valence-electron chi connectivity index (χ4n) is 2.20. The van der Waals surface area contributed by atoms with Crippen LogP contribution in [-0.4, -0.2) is 22.4 Å². The molecule has 0 spiro atoms. The van der Waals surface area contributed by atoms with Crippen LogP contribution in [0.15, 0.2) is 63.4 Å². The molecule has 4 N–H and O–H groups in total. The summed E-state index contributed by atoms with van der Waals surface area (Å²) in [5.41, 5.74) is 14.6. The zero-order chi connectivity index (χ0) is 18.4. The average molecular weight is 350 g/mol. The van der Waals surface area contributed by atoms with E-state index in [0.717, 1.165) is 16.9 Å². The Labute approximate surface area is 150 Å². The van der Waals surface area contributed by atoms with Crippen molar-refractivity contribution in [3.63, 3.8) is 0 Å². The zero-order valence-electron chi connectivity index (χ0n) is 14.2. The largest absolute Gasteiger partial charge is 0.489 e. The van der Waals surface area contributed by atoms with Gasteiger partial charge in [0.25, 0.3) is 0 Å². The number of nitrogens with two attached hydrogens (primary N) is 2. The van der Waals surface area contributed by atoms with Gasteiger partial charge in [-0.05, 0) is 46.1 Å². The number of hydrogen-bond acceptors (Lipinski definition) is 7. The lowest BCUT2D eigenvalue weighted by molar-refractivity contribution is 0.305. The lowest BCUT2D eigenvalue weighted by Crippen LogP contribution is -2.15. The van der Waals surface area contributed by atoms with Crippen LogP contribution in [0.25, 0.3) is 0 Å². The first kappa shape index (κ1) is 17.2. The Bertz CT molecular complexity index is 948. The fraction of sp³-hybridized carbons (Fsp3) is 0.111. The zero-order valence-corrected chi connectivity index (χ0v) is 14.2. The van der Waals surface area contributed by atoms with Crippen molar-refractivity contribution >= 4 is 17.9 Å². The molecule has 0 unspecified atom stereocenters. The normalized spacial score (nSPS) is 11.8. The molecule has 0 saturated carbocycles. The van der Waals surface area contributed by atoms with Crippen LogP contribution in [0.1, 0.15) is 22.4 Å². The van der Waals surface area contributed by atoms with E-state index in [0.29, 0.717) is 6.61 Å². The summed E-state index contributed by atoms with van der Waals surface area (Å²) in [6.07, 6.45) is 1.55. The lowest BCUT2D eigenvalue weighted by atomic mass is 10.1. The van der Waals surface area contributed by atoms with E-state index in [1.165, 1.54) is 5.56 Å². The molecule has 0 bridgehead atoms. The molecule has 8 nitrogen and oxygen atoms in total. The summed E-state index contributed by atoms with van der Waals surface area (Å²) in [5.74, 6) is 0.819. The van der Waals surface area contributed by atoms with Gasteiger partial charge in [-0.2, -0.15) is 5.10 Å². The number of benzene rings is 2. The van der Waals surface area contributed by atoms with Crippen molar-refractivity contribution in [2.45, 2.75) is 13.5 Å². The molecule has 26 heavy (non-hydrogen) atoms. The van der Waals surface area contributed by atoms with Crippen LogP contribution < -0.4 is 16.2 Å². The van der Waals surface area contributed by atoms with E-state index in [9.17, 15) is 0 Å². The number of ether oxygens (including phenoxy) is 1. The molecule has 0 fully saturated rings. The minimum atomic E-state index is 0.0203. The molecule has 0 aliphatic rings. The van der Waals surface area contributed by atoms with E-state index in [4.69, 9.17) is 16.2 Å². The Balaban J connectivity index is 1.65. The Morgan fingerprint density at radius 1 is 1.19 bits per heavy atom. The van der Waals surface area contributed by atoms with Gasteiger partial charge in [0.15, 0.2) is 17.3 Å². The number of hydrogen-bond donors (Lipinski definition) is 2. The third-order valence-electron chi connectivity index (χ3n) is 3.64. The van der Waals surface area contributed by atoms with Crippen LogP contribution in [0.5, 0.6) is 5.75 Å². The molecule has 8 heteroatoms. The third kappa shape index (κ3) is 4.23. The number of nitrogens with zero attached hydrogens (tertiary/aromatic N) is 4. The molecule has 0 radical (unpaired) electrons. The highest BCUT2D eigenvalue weighted by Gasteiger charge is 2.09. The van der Waals surface area contributed by atoms with Gasteiger partial charge in [0, 0.05) is 0 Å². The average Bonchev–Trinajstić information content (AvgIpc) is 3.07. The first-order valence-corrected chi connectivity index (χ1v) is 7.86. The molecule has 1 aromatic heterocycles. The maximum Gasteiger partial charge on any atom is 0.199 e. The second-order valence-electron chi connectivity index (χ2n) is 5.52. The van der Waals surface area contributed by atoms with Crippen molar-refractivity contribution in [3.05, 3.63) is 70.9 Å². The van der Waals surface area contributed by atoms with Crippen LogP contribution in [0.3, 0.4) is 0 Å². The Morgan fingerprint density at radius 2 is 2.04 bits per heavy atom. The maximum absolute atomic E-state index is 5.85. The molecule has 3 rings (SSSR count). The van der Waals surface area contributed by atoms with Gasteiger partial charge >= 0.3 is 0 Å². The van der Waals surface area contributed by atoms with Crippen molar-refractivity contribution in [2.24, 2.45) is 15.9 Å². The number of rotatable bonds is 6. The molecule has 0 amide bonds. The van der Waals surface area contributed by atoms with Gasteiger partial charge < -0.3 is 16.2 Å². The van der Waals surface area contributed by atoms with Crippen molar-refractivity contribution in [2.75, 3.05) is 5.73 Å². The van der Waals surface area contributed by atoms with Crippen molar-refractivity contribution in [3.8, 4) is 5.75 Å². The van der Waals surface area contributed by atoms with Gasteiger partial charge in [-0.25, -0.2) is 4.63 Å². The Kier molecular flexibility index (Phi) is 5.23. The SMILES string of the molecule is Cc1ccccc1COc1cccc(C=NN=C(N)c2nonc2N)c1. The van der Waals surface area contributed by atoms with Gasteiger partial charge in [0.05, 0.1) is 6.21 Å². The Morgan fingerprint density at radius 3 is 2.81 bits per heavy atom. The quantitative estimate of drug-likeness (QED) is 0.399. The van der Waals surface area contributed by atoms with Crippen LogP contribution in [0.2, 0.25) is 0 Å². The monoisotopic (exact) mass is 350 g/mol. The van der Waals surface area contributed by atoms with Gasteiger partial charge in [-0.3, -0.25) is 0 Å². The first-order chi connectivity index (χ1) is 12.6. The number of anilines is 1. The predicted molar refractivity (Wildman–Crippen MR) is 99.0 cm³/mol. The third-order valence-corrected chi connectivity index (χ3v) is 3.64. The highest BCUT2D eigenvalue weighted by molar-refractivity contribution is 5.99. The minimum absolute atomic E-state index is 0.0203. The van der Waals surface area contributed by atoms with Crippen LogP contribution in [-0.2, 0) is 6.61 Å². The van der Waals surface area contributed by atoms with Gasteiger partial charge in [-0.1, -0.05) is 36.4 Å². The summed E-state index contributed by atoms with van der Waals surface area (Å²) in [4.78, 5) is 0. The second kappa shape index (κ2) is 7.93. The van der Waals surface area contributed by atoms with Crippen LogP contribution >= 0.6 is 0 Å². The highest BCUT2D eigenvalue weighted by Crippen LogP contribution is 2.16. The Hall–Kier alpha value is -3.68. The van der Waals surface area contributed by atoms with E-state index >= 15 is 0 Å². The summed E-state index contributed by atoms with van der Waals surface area (Å²) >= 11 is 0. The number of amidine groups is 1. The molecule has 2 aromatic carbocycles. The van der Waals surface area contributed by atoms with Crippen molar-refractivity contribution in [1.29, 1.82) is 0 Å². The number of aryl methyl sites for hydroxylation is 1. The molecule has 0 aliphatic carbocycles. The van der Waals surface area contributed by atoms with E-state index in [1.807, 2.05) is 42.5 Å². The fourth-order valence-corrected chi connectivity index (χ4v) is 2.20. The summed E-state index contributed by atoms with van der Waals surface area (Å²) in [6, 6.07) is 15.6. The standard InChI is InChI=1S/C18H18N6O2/c1-12-5-2-3-7-14(12)11-25-15-8-4-6-13(9-15)10-21-22-17(19)16-18(20)24-26-23-16/h2-10H,11H2,1H3,(H2,19,22)(H2,20,24). The lowest BCUT2D eigenvalue weighted by Gasteiger charge is -2.08. The molecular formula is C18H18N6O2. The molecule has 132 valence electrons. The smallest absolute Gasteiger partial charge is 0.199 e. The topological polar surface area (TPSA) is 125 Å². The van der Waals surface area contributed by atoms with Gasteiger partial charge in [-0.15, -0.1) is 5.10 Å². The maximum atomic E-state index is 5.85. The highest BCUT2D eigenvalue weighted by atomic mass is 16.6.